The maximum absolute atomic E-state index is 12.1. The van der Waals surface area contributed by atoms with Crippen LogP contribution >= 0.6 is 0 Å². The molecule has 0 aromatic heterocycles. The Morgan fingerprint density at radius 3 is 2.73 bits per heavy atom. The van der Waals surface area contributed by atoms with Gasteiger partial charge in [-0.15, -0.1) is 0 Å². The average Bonchev–Trinajstić information content (AvgIpc) is 3.30. The summed E-state index contributed by atoms with van der Waals surface area (Å²) < 4.78 is 5.73. The number of urea groups is 1. The molecule has 1 atom stereocenters. The summed E-state index contributed by atoms with van der Waals surface area (Å²) in [6.45, 7) is 2.38. The zero-order valence-corrected chi connectivity index (χ0v) is 12.9. The Morgan fingerprint density at radius 1 is 1.41 bits per heavy atom. The number of anilines is 1. The van der Waals surface area contributed by atoms with Crippen molar-refractivity contribution in [3.8, 4) is 5.75 Å². The molecule has 0 bridgehead atoms. The van der Waals surface area contributed by atoms with E-state index in [1.54, 1.807) is 20.0 Å². The first kappa shape index (κ1) is 16.1. The molecule has 0 heterocycles. The van der Waals surface area contributed by atoms with Crippen molar-refractivity contribution in [1.82, 2.24) is 4.90 Å². The summed E-state index contributed by atoms with van der Waals surface area (Å²) in [4.78, 5) is 24.3. The first-order chi connectivity index (χ1) is 10.5. The van der Waals surface area contributed by atoms with Gasteiger partial charge in [0.05, 0.1) is 18.2 Å². The van der Waals surface area contributed by atoms with Gasteiger partial charge in [-0.2, -0.15) is 0 Å². The normalized spacial score (nSPS) is 15.0. The van der Waals surface area contributed by atoms with Crippen molar-refractivity contribution in [2.75, 3.05) is 25.5 Å². The Morgan fingerprint density at radius 2 is 2.09 bits per heavy atom. The lowest BCUT2D eigenvalue weighted by molar-refractivity contribution is -0.141. The molecule has 1 aliphatic carbocycles. The molecule has 0 aliphatic heterocycles. The van der Waals surface area contributed by atoms with Crippen molar-refractivity contribution in [2.45, 2.75) is 19.8 Å². The minimum absolute atomic E-state index is 0.145. The minimum Gasteiger partial charge on any atom is -0.491 e. The van der Waals surface area contributed by atoms with E-state index in [-0.39, 0.29) is 12.6 Å². The summed E-state index contributed by atoms with van der Waals surface area (Å²) in [6, 6.07) is 6.91. The number of carbonyl (C=O) groups is 2. The van der Waals surface area contributed by atoms with Crippen LogP contribution in [-0.2, 0) is 4.79 Å². The molecule has 1 saturated carbocycles. The van der Waals surface area contributed by atoms with E-state index in [0.29, 0.717) is 24.0 Å². The summed E-state index contributed by atoms with van der Waals surface area (Å²) in [7, 11) is 1.57. The average molecular weight is 306 g/mol. The molecule has 2 rings (SSSR count). The number of aliphatic carboxylic acids is 1. The van der Waals surface area contributed by atoms with Crippen molar-refractivity contribution < 1.29 is 19.4 Å². The van der Waals surface area contributed by atoms with Crippen LogP contribution in [0.2, 0.25) is 0 Å². The predicted octanol–water partition coefficient (Wildman–Crippen LogP) is 2.66. The number of nitrogens with one attached hydrogen (secondary N) is 1. The highest BCUT2D eigenvalue weighted by Crippen LogP contribution is 2.31. The summed E-state index contributed by atoms with van der Waals surface area (Å²) in [6.07, 6.45) is 2.40. The van der Waals surface area contributed by atoms with Crippen LogP contribution in [0, 0.1) is 11.8 Å². The molecule has 2 N–H and O–H groups in total. The van der Waals surface area contributed by atoms with Gasteiger partial charge in [-0.05, 0) is 30.9 Å². The number of carboxylic acid groups (broad SMARTS) is 1. The topological polar surface area (TPSA) is 78.9 Å². The van der Waals surface area contributed by atoms with Crippen molar-refractivity contribution in [2.24, 2.45) is 11.8 Å². The number of carbonyl (C=O) groups excluding carboxylic acids is 1. The van der Waals surface area contributed by atoms with Crippen LogP contribution in [0.3, 0.4) is 0 Å². The van der Waals surface area contributed by atoms with Gasteiger partial charge in [-0.3, -0.25) is 4.79 Å². The zero-order valence-electron chi connectivity index (χ0n) is 12.9. The van der Waals surface area contributed by atoms with Gasteiger partial charge in [0.25, 0.3) is 0 Å². The number of amides is 2. The van der Waals surface area contributed by atoms with Crippen molar-refractivity contribution in [3.63, 3.8) is 0 Å². The van der Waals surface area contributed by atoms with Crippen LogP contribution in [0.5, 0.6) is 5.75 Å². The molecule has 1 fully saturated rings. The molecule has 6 nitrogen and oxygen atoms in total. The van der Waals surface area contributed by atoms with Gasteiger partial charge in [0, 0.05) is 13.6 Å². The van der Waals surface area contributed by atoms with Gasteiger partial charge < -0.3 is 20.1 Å². The second-order valence-electron chi connectivity index (χ2n) is 5.80. The van der Waals surface area contributed by atoms with Crippen LogP contribution in [0.25, 0.3) is 0 Å². The van der Waals surface area contributed by atoms with E-state index in [2.05, 4.69) is 5.32 Å². The first-order valence-electron chi connectivity index (χ1n) is 7.44. The Bertz CT molecular complexity index is 543. The third-order valence-corrected chi connectivity index (χ3v) is 3.62. The summed E-state index contributed by atoms with van der Waals surface area (Å²) in [5, 5.41) is 11.7. The molecule has 1 aliphatic rings. The second kappa shape index (κ2) is 7.15. The van der Waals surface area contributed by atoms with E-state index in [1.165, 1.54) is 17.7 Å². The Hall–Kier alpha value is -2.24. The zero-order chi connectivity index (χ0) is 16.1. The standard InChI is InChI=1S/C16H22N2O4/c1-11(15(19)20)9-18(2)16(21)17-13-5-3-4-6-14(13)22-10-12-7-8-12/h3-6,11-12H,7-10H2,1-2H3,(H,17,21)(H,19,20). The first-order valence-corrected chi connectivity index (χ1v) is 7.44. The summed E-state index contributed by atoms with van der Waals surface area (Å²) >= 11 is 0. The highest BCUT2D eigenvalue weighted by atomic mass is 16.5. The molecule has 2 amide bonds. The minimum atomic E-state index is -0.923. The molecule has 0 radical (unpaired) electrons. The quantitative estimate of drug-likeness (QED) is 0.811. The summed E-state index contributed by atoms with van der Waals surface area (Å²) in [5.41, 5.74) is 0.600. The molecule has 1 unspecified atom stereocenters. The van der Waals surface area contributed by atoms with Gasteiger partial charge in [0.1, 0.15) is 5.75 Å². The van der Waals surface area contributed by atoms with Crippen molar-refractivity contribution in [1.29, 1.82) is 0 Å². The molecule has 0 saturated heterocycles. The van der Waals surface area contributed by atoms with Crippen LogP contribution in [0.4, 0.5) is 10.5 Å². The van der Waals surface area contributed by atoms with Crippen LogP contribution in [-0.4, -0.2) is 42.2 Å². The number of ether oxygens (including phenoxy) is 1. The van der Waals surface area contributed by atoms with E-state index in [1.807, 2.05) is 18.2 Å². The number of hydrogen-bond donors (Lipinski definition) is 2. The number of benzene rings is 1. The Kier molecular flexibility index (Phi) is 5.25. The number of nitrogens with zero attached hydrogens (tertiary/aromatic N) is 1. The lowest BCUT2D eigenvalue weighted by atomic mass is 10.2. The molecule has 1 aromatic rings. The third-order valence-electron chi connectivity index (χ3n) is 3.62. The molecule has 22 heavy (non-hydrogen) atoms. The Labute approximate surface area is 130 Å². The highest BCUT2D eigenvalue weighted by molar-refractivity contribution is 5.91. The van der Waals surface area contributed by atoms with Gasteiger partial charge >= 0.3 is 12.0 Å². The molecule has 1 aromatic carbocycles. The molecule has 6 heteroatoms. The second-order valence-corrected chi connectivity index (χ2v) is 5.80. The van der Waals surface area contributed by atoms with Crippen LogP contribution in [0.1, 0.15) is 19.8 Å². The van der Waals surface area contributed by atoms with Gasteiger partial charge in [0.15, 0.2) is 0 Å². The lowest BCUT2D eigenvalue weighted by Crippen LogP contribution is -2.36. The Balaban J connectivity index is 1.93. The maximum Gasteiger partial charge on any atom is 0.321 e. The smallest absolute Gasteiger partial charge is 0.321 e. The van der Waals surface area contributed by atoms with E-state index < -0.39 is 11.9 Å². The monoisotopic (exact) mass is 306 g/mol. The van der Waals surface area contributed by atoms with Gasteiger partial charge in [0.2, 0.25) is 0 Å². The fraction of sp³-hybridized carbons (Fsp3) is 0.500. The largest absolute Gasteiger partial charge is 0.491 e. The molecule has 0 spiro atoms. The van der Waals surface area contributed by atoms with Crippen LogP contribution in [0.15, 0.2) is 24.3 Å². The molecule has 120 valence electrons. The highest BCUT2D eigenvalue weighted by Gasteiger charge is 2.23. The van der Waals surface area contributed by atoms with E-state index in [9.17, 15) is 9.59 Å². The fourth-order valence-electron chi connectivity index (χ4n) is 1.97. The predicted molar refractivity (Wildman–Crippen MR) is 83.1 cm³/mol. The molecular weight excluding hydrogens is 284 g/mol. The fourth-order valence-corrected chi connectivity index (χ4v) is 1.97. The van der Waals surface area contributed by atoms with E-state index in [0.717, 1.165) is 0 Å². The lowest BCUT2D eigenvalue weighted by Gasteiger charge is -2.21. The number of rotatable bonds is 7. The van der Waals surface area contributed by atoms with Crippen molar-refractivity contribution >= 4 is 17.7 Å². The number of para-hydroxylation sites is 2. The number of carboxylic acids is 1. The van der Waals surface area contributed by atoms with E-state index >= 15 is 0 Å². The number of hydrogen-bond acceptors (Lipinski definition) is 3. The molecular formula is C16H22N2O4. The summed E-state index contributed by atoms with van der Waals surface area (Å²) in [5.74, 6) is -0.268. The van der Waals surface area contributed by atoms with E-state index in [4.69, 9.17) is 9.84 Å². The third kappa shape index (κ3) is 4.65. The van der Waals surface area contributed by atoms with Gasteiger partial charge in [-0.1, -0.05) is 19.1 Å². The SMILES string of the molecule is CC(CN(C)C(=O)Nc1ccccc1OCC1CC1)C(=O)O. The van der Waals surface area contributed by atoms with Gasteiger partial charge in [-0.25, -0.2) is 4.79 Å². The van der Waals surface area contributed by atoms with Crippen molar-refractivity contribution in [3.05, 3.63) is 24.3 Å². The maximum atomic E-state index is 12.1. The van der Waals surface area contributed by atoms with Crippen LogP contribution < -0.4 is 10.1 Å².